The number of anilines is 1. The number of nitrogen functional groups attached to an aromatic ring is 1. The Morgan fingerprint density at radius 1 is 1.47 bits per heavy atom. The van der Waals surface area contributed by atoms with Crippen LogP contribution in [-0.4, -0.2) is 34.1 Å². The van der Waals surface area contributed by atoms with Crippen molar-refractivity contribution in [2.24, 2.45) is 0 Å². The molecule has 0 bridgehead atoms. The van der Waals surface area contributed by atoms with Gasteiger partial charge in [-0.2, -0.15) is 5.10 Å². The van der Waals surface area contributed by atoms with Gasteiger partial charge in [0.1, 0.15) is 6.54 Å². The number of aliphatic hydroxyl groups excluding tert-OH is 1. The fourth-order valence-electron chi connectivity index (χ4n) is 1.43. The van der Waals surface area contributed by atoms with Crippen LogP contribution in [0.15, 0.2) is 0 Å². The van der Waals surface area contributed by atoms with Gasteiger partial charge in [-0.15, -0.1) is 0 Å². The molecule has 0 aliphatic rings. The highest BCUT2D eigenvalue weighted by atomic mass is 16.5. The van der Waals surface area contributed by atoms with E-state index in [9.17, 15) is 4.79 Å². The normalized spacial score (nSPS) is 10.5. The Hall–Kier alpha value is -1.56. The summed E-state index contributed by atoms with van der Waals surface area (Å²) in [6.07, 6.45) is 1.31. The van der Waals surface area contributed by atoms with Gasteiger partial charge >= 0.3 is 5.97 Å². The number of ether oxygens (including phenoxy) is 1. The number of aryl methyl sites for hydroxylation is 1. The summed E-state index contributed by atoms with van der Waals surface area (Å²) in [5.41, 5.74) is 7.86. The van der Waals surface area contributed by atoms with Gasteiger partial charge in [0.05, 0.1) is 23.7 Å². The number of esters is 1. The lowest BCUT2D eigenvalue weighted by Gasteiger charge is -2.05. The number of aromatic nitrogens is 2. The molecule has 0 amide bonds. The van der Waals surface area contributed by atoms with Gasteiger partial charge in [-0.05, 0) is 26.7 Å². The van der Waals surface area contributed by atoms with Crippen LogP contribution in [-0.2, 0) is 16.1 Å². The molecule has 0 saturated carbocycles. The Balaban J connectivity index is 2.42. The number of nitrogens with zero attached hydrogens (tertiary/aromatic N) is 2. The molecule has 0 aliphatic carbocycles. The van der Waals surface area contributed by atoms with Gasteiger partial charge in [0.2, 0.25) is 0 Å². The van der Waals surface area contributed by atoms with Crippen molar-refractivity contribution >= 4 is 11.7 Å². The van der Waals surface area contributed by atoms with Gasteiger partial charge in [-0.25, -0.2) is 0 Å². The topological polar surface area (TPSA) is 90.4 Å². The molecule has 0 aromatic carbocycles. The molecule has 96 valence electrons. The van der Waals surface area contributed by atoms with Crippen LogP contribution in [0.1, 0.15) is 24.2 Å². The number of carbonyl (C=O) groups is 1. The summed E-state index contributed by atoms with van der Waals surface area (Å²) in [6, 6.07) is 0. The highest BCUT2D eigenvalue weighted by molar-refractivity contribution is 5.69. The lowest BCUT2D eigenvalue weighted by atomic mass is 10.3. The van der Waals surface area contributed by atoms with E-state index in [0.717, 1.165) is 11.4 Å². The number of unbranched alkanes of at least 4 members (excludes halogenated alkanes) is 1. The maximum atomic E-state index is 11.5. The molecule has 0 saturated heterocycles. The fraction of sp³-hybridized carbons (Fsp3) is 0.636. The molecular weight excluding hydrogens is 222 g/mol. The zero-order chi connectivity index (χ0) is 12.8. The van der Waals surface area contributed by atoms with Gasteiger partial charge in [-0.1, -0.05) is 0 Å². The molecule has 1 aromatic rings. The molecule has 0 radical (unpaired) electrons. The second-order valence-electron chi connectivity index (χ2n) is 3.89. The van der Waals surface area contributed by atoms with Crippen molar-refractivity contribution in [2.45, 2.75) is 33.2 Å². The van der Waals surface area contributed by atoms with Crippen LogP contribution in [0.3, 0.4) is 0 Å². The maximum Gasteiger partial charge on any atom is 0.327 e. The van der Waals surface area contributed by atoms with Gasteiger partial charge in [0.25, 0.3) is 0 Å². The van der Waals surface area contributed by atoms with Crippen molar-refractivity contribution in [3.05, 3.63) is 11.4 Å². The highest BCUT2D eigenvalue weighted by Crippen LogP contribution is 2.14. The summed E-state index contributed by atoms with van der Waals surface area (Å²) in [5.74, 6) is -0.339. The third-order valence-electron chi connectivity index (χ3n) is 2.53. The van der Waals surface area contributed by atoms with E-state index in [1.807, 2.05) is 6.92 Å². The first-order chi connectivity index (χ1) is 8.06. The van der Waals surface area contributed by atoms with Crippen LogP contribution in [0.25, 0.3) is 0 Å². The van der Waals surface area contributed by atoms with Gasteiger partial charge in [-0.3, -0.25) is 9.48 Å². The quantitative estimate of drug-likeness (QED) is 0.555. The standard InChI is InChI=1S/C11H19N3O3/c1-8-11(12)9(2)14(13-8)7-10(16)17-6-4-3-5-15/h15H,3-7,12H2,1-2H3. The zero-order valence-electron chi connectivity index (χ0n) is 10.3. The minimum Gasteiger partial charge on any atom is -0.464 e. The maximum absolute atomic E-state index is 11.5. The van der Waals surface area contributed by atoms with Crippen LogP contribution in [0, 0.1) is 13.8 Å². The zero-order valence-corrected chi connectivity index (χ0v) is 10.3. The van der Waals surface area contributed by atoms with Crippen LogP contribution in [0.4, 0.5) is 5.69 Å². The van der Waals surface area contributed by atoms with E-state index in [1.54, 1.807) is 11.6 Å². The molecule has 0 fully saturated rings. The molecule has 6 nitrogen and oxygen atoms in total. The highest BCUT2D eigenvalue weighted by Gasteiger charge is 2.11. The second-order valence-corrected chi connectivity index (χ2v) is 3.89. The first-order valence-electron chi connectivity index (χ1n) is 5.62. The number of nitrogens with two attached hydrogens (primary N) is 1. The van der Waals surface area contributed by atoms with Crippen LogP contribution in [0.2, 0.25) is 0 Å². The first kappa shape index (κ1) is 13.5. The third kappa shape index (κ3) is 3.74. The van der Waals surface area contributed by atoms with E-state index in [2.05, 4.69) is 5.10 Å². The molecule has 0 atom stereocenters. The van der Waals surface area contributed by atoms with Crippen molar-refractivity contribution in [2.75, 3.05) is 18.9 Å². The lowest BCUT2D eigenvalue weighted by molar-refractivity contribution is -0.144. The van der Waals surface area contributed by atoms with Crippen molar-refractivity contribution in [3.8, 4) is 0 Å². The predicted molar refractivity (Wildman–Crippen MR) is 63.4 cm³/mol. The summed E-state index contributed by atoms with van der Waals surface area (Å²) < 4.78 is 6.54. The number of hydrogen-bond donors (Lipinski definition) is 2. The summed E-state index contributed by atoms with van der Waals surface area (Å²) >= 11 is 0. The molecule has 6 heteroatoms. The molecular formula is C11H19N3O3. The Morgan fingerprint density at radius 2 is 2.18 bits per heavy atom. The number of hydrogen-bond acceptors (Lipinski definition) is 5. The average molecular weight is 241 g/mol. The Morgan fingerprint density at radius 3 is 2.71 bits per heavy atom. The number of rotatable bonds is 6. The van der Waals surface area contributed by atoms with E-state index in [-0.39, 0.29) is 19.1 Å². The number of carbonyl (C=O) groups excluding carboxylic acids is 1. The number of aliphatic hydroxyl groups is 1. The van der Waals surface area contributed by atoms with Crippen LogP contribution >= 0.6 is 0 Å². The molecule has 1 rings (SSSR count). The van der Waals surface area contributed by atoms with Crippen LogP contribution < -0.4 is 5.73 Å². The van der Waals surface area contributed by atoms with E-state index < -0.39 is 0 Å². The van der Waals surface area contributed by atoms with E-state index >= 15 is 0 Å². The predicted octanol–water partition coefficient (Wildman–Crippen LogP) is 0.398. The lowest BCUT2D eigenvalue weighted by Crippen LogP contribution is -2.16. The first-order valence-corrected chi connectivity index (χ1v) is 5.62. The third-order valence-corrected chi connectivity index (χ3v) is 2.53. The Kier molecular flexibility index (Phi) is 4.96. The largest absolute Gasteiger partial charge is 0.464 e. The summed E-state index contributed by atoms with van der Waals surface area (Å²) in [5, 5.41) is 12.7. The Labute approximate surface area is 100 Å². The molecule has 1 aromatic heterocycles. The van der Waals surface area contributed by atoms with Gasteiger partial charge < -0.3 is 15.6 Å². The Bertz CT molecular complexity index is 388. The minimum absolute atomic E-state index is 0.0724. The smallest absolute Gasteiger partial charge is 0.327 e. The van der Waals surface area contributed by atoms with Crippen molar-refractivity contribution in [1.29, 1.82) is 0 Å². The van der Waals surface area contributed by atoms with Gasteiger partial charge in [0, 0.05) is 6.61 Å². The summed E-state index contributed by atoms with van der Waals surface area (Å²) in [6.45, 7) is 4.13. The molecule has 3 N–H and O–H groups in total. The molecule has 0 aliphatic heterocycles. The van der Waals surface area contributed by atoms with Crippen LogP contribution in [0.5, 0.6) is 0 Å². The summed E-state index contributed by atoms with van der Waals surface area (Å²) in [4.78, 5) is 11.5. The second kappa shape index (κ2) is 6.24. The molecule has 0 unspecified atom stereocenters. The minimum atomic E-state index is -0.339. The van der Waals surface area contributed by atoms with E-state index in [4.69, 9.17) is 15.6 Å². The van der Waals surface area contributed by atoms with Gasteiger partial charge in [0.15, 0.2) is 0 Å². The van der Waals surface area contributed by atoms with E-state index in [1.165, 1.54) is 0 Å². The average Bonchev–Trinajstić information content (AvgIpc) is 2.53. The van der Waals surface area contributed by atoms with Crippen molar-refractivity contribution < 1.29 is 14.6 Å². The fourth-order valence-corrected chi connectivity index (χ4v) is 1.43. The SMILES string of the molecule is Cc1nn(CC(=O)OCCCCO)c(C)c1N. The summed E-state index contributed by atoms with van der Waals surface area (Å²) in [7, 11) is 0. The van der Waals surface area contributed by atoms with Crippen molar-refractivity contribution in [3.63, 3.8) is 0 Å². The monoisotopic (exact) mass is 241 g/mol. The van der Waals surface area contributed by atoms with Crippen molar-refractivity contribution in [1.82, 2.24) is 9.78 Å². The molecule has 0 spiro atoms. The molecule has 17 heavy (non-hydrogen) atoms. The molecule has 1 heterocycles. The van der Waals surface area contributed by atoms with E-state index in [0.29, 0.717) is 25.1 Å².